The SMILES string of the molecule is O=S([O-])[O-].O=S([O-])[O-].[Pb+4]. The predicted octanol–water partition coefficient (Wildman–Crippen LogP) is -2.39. The van der Waals surface area contributed by atoms with Gasteiger partial charge in [0.1, 0.15) is 0 Å². The van der Waals surface area contributed by atoms with Crippen LogP contribution in [0, 0.1) is 0 Å². The van der Waals surface area contributed by atoms with Gasteiger partial charge >= 0.3 is 27.3 Å². The quantitative estimate of drug-likeness (QED) is 0.347. The van der Waals surface area contributed by atoms with Crippen molar-refractivity contribution < 1.29 is 26.6 Å². The Bertz CT molecular complexity index is 69.1. The molecule has 0 aliphatic carbocycles. The Morgan fingerprint density at radius 2 is 0.778 bits per heavy atom. The molecule has 0 aromatic heterocycles. The fraction of sp³-hybridized carbons (Fsp3) is 0. The molecule has 0 N–H and O–H groups in total. The Balaban J connectivity index is -0.0000000720. The molecule has 0 aliphatic heterocycles. The van der Waals surface area contributed by atoms with E-state index in [1.165, 1.54) is 0 Å². The second-order valence-electron chi connectivity index (χ2n) is 0.408. The standard InChI is InChI=1S/2H2O3S.Pb/c2*1-4(2)3;/h2*(H2,1,2,3);/q;;+4/p-4. The molecule has 0 aromatic carbocycles. The first kappa shape index (κ1) is 16.6. The van der Waals surface area contributed by atoms with Crippen LogP contribution in [-0.2, 0) is 22.7 Å². The smallest absolute Gasteiger partial charge is 0.784 e. The zero-order valence-corrected chi connectivity index (χ0v) is 9.29. The van der Waals surface area contributed by atoms with Crippen LogP contribution in [0.3, 0.4) is 0 Å². The van der Waals surface area contributed by atoms with Crippen LogP contribution in [0.15, 0.2) is 0 Å². The van der Waals surface area contributed by atoms with Crippen LogP contribution in [0.25, 0.3) is 0 Å². The van der Waals surface area contributed by atoms with E-state index in [0.29, 0.717) is 0 Å². The van der Waals surface area contributed by atoms with Gasteiger partial charge in [0.05, 0.1) is 0 Å². The zero-order valence-electron chi connectivity index (χ0n) is 3.77. The molecule has 0 saturated carbocycles. The van der Waals surface area contributed by atoms with E-state index in [4.69, 9.17) is 26.6 Å². The van der Waals surface area contributed by atoms with Crippen molar-refractivity contribution >= 4 is 50.0 Å². The van der Waals surface area contributed by atoms with Crippen molar-refractivity contribution in [2.45, 2.75) is 0 Å². The summed E-state index contributed by atoms with van der Waals surface area (Å²) in [6.45, 7) is 0. The minimum absolute atomic E-state index is 0. The number of hydrogen-bond donors (Lipinski definition) is 0. The maximum absolute atomic E-state index is 8.44. The molecular formula is O6PbS2. The predicted molar refractivity (Wildman–Crippen MR) is 25.1 cm³/mol. The van der Waals surface area contributed by atoms with Crippen molar-refractivity contribution in [3.8, 4) is 0 Å². The monoisotopic (exact) mass is 368 g/mol. The minimum atomic E-state index is -3.11. The molecule has 0 saturated heterocycles. The molecule has 9 heteroatoms. The average molecular weight is 367 g/mol. The van der Waals surface area contributed by atoms with Crippen LogP contribution in [-0.4, -0.2) is 53.9 Å². The summed E-state index contributed by atoms with van der Waals surface area (Å²) in [7, 11) is 0. The molecule has 0 heterocycles. The van der Waals surface area contributed by atoms with Crippen molar-refractivity contribution in [3.63, 3.8) is 0 Å². The summed E-state index contributed by atoms with van der Waals surface area (Å²) in [6, 6.07) is 0. The van der Waals surface area contributed by atoms with Crippen LogP contribution in [0.2, 0.25) is 0 Å². The Hall–Kier alpha value is 1.06. The van der Waals surface area contributed by atoms with Gasteiger partial charge in [-0.15, -0.1) is 22.7 Å². The summed E-state index contributed by atoms with van der Waals surface area (Å²) in [5.74, 6) is 0. The minimum Gasteiger partial charge on any atom is -0.784 e. The van der Waals surface area contributed by atoms with Crippen molar-refractivity contribution in [2.75, 3.05) is 0 Å². The molecule has 0 radical (unpaired) electrons. The second-order valence-corrected chi connectivity index (χ2v) is 1.22. The van der Waals surface area contributed by atoms with Crippen molar-refractivity contribution in [1.29, 1.82) is 0 Å². The molecule has 0 rings (SSSR count). The van der Waals surface area contributed by atoms with Gasteiger partial charge in [0.25, 0.3) is 0 Å². The van der Waals surface area contributed by atoms with Gasteiger partial charge in [0.15, 0.2) is 0 Å². The first-order chi connectivity index (χ1) is 3.46. The van der Waals surface area contributed by atoms with Gasteiger partial charge in [-0.25, -0.2) is 0 Å². The van der Waals surface area contributed by atoms with E-state index in [-0.39, 0.29) is 27.3 Å². The Labute approximate surface area is 76.4 Å². The molecule has 0 bridgehead atoms. The van der Waals surface area contributed by atoms with Gasteiger partial charge in [-0.3, -0.25) is 8.42 Å². The second kappa shape index (κ2) is 11.8. The van der Waals surface area contributed by atoms with Gasteiger partial charge in [-0.05, 0) is 0 Å². The van der Waals surface area contributed by atoms with E-state index >= 15 is 0 Å². The third kappa shape index (κ3) is 401. The van der Waals surface area contributed by atoms with Crippen LogP contribution < -0.4 is 0 Å². The van der Waals surface area contributed by atoms with Gasteiger partial charge in [-0.2, -0.15) is 0 Å². The van der Waals surface area contributed by atoms with E-state index in [1.807, 2.05) is 0 Å². The van der Waals surface area contributed by atoms with Crippen LogP contribution in [0.1, 0.15) is 0 Å². The molecule has 6 nitrogen and oxygen atoms in total. The summed E-state index contributed by atoms with van der Waals surface area (Å²) < 4.78 is 50.7. The van der Waals surface area contributed by atoms with Crippen LogP contribution >= 0.6 is 0 Å². The Morgan fingerprint density at radius 1 is 0.778 bits per heavy atom. The van der Waals surface area contributed by atoms with E-state index in [9.17, 15) is 0 Å². The van der Waals surface area contributed by atoms with Gasteiger partial charge in [-0.1, -0.05) is 0 Å². The molecule has 52 valence electrons. The van der Waals surface area contributed by atoms with Gasteiger partial charge in [0.2, 0.25) is 0 Å². The summed E-state index contributed by atoms with van der Waals surface area (Å²) in [6.07, 6.45) is 0. The molecule has 0 aromatic rings. The molecule has 0 spiro atoms. The van der Waals surface area contributed by atoms with E-state index < -0.39 is 22.7 Å². The molecular weight excluding hydrogens is 367 g/mol. The van der Waals surface area contributed by atoms with Crippen molar-refractivity contribution in [2.24, 2.45) is 0 Å². The fourth-order valence-electron chi connectivity index (χ4n) is 0. The van der Waals surface area contributed by atoms with E-state index in [2.05, 4.69) is 0 Å². The third-order valence-electron chi connectivity index (χ3n) is 0. The van der Waals surface area contributed by atoms with E-state index in [1.54, 1.807) is 0 Å². The maximum atomic E-state index is 8.44. The van der Waals surface area contributed by atoms with Crippen LogP contribution in [0.5, 0.6) is 0 Å². The van der Waals surface area contributed by atoms with Gasteiger partial charge in [0, 0.05) is 0 Å². The summed E-state index contributed by atoms with van der Waals surface area (Å²) in [5.41, 5.74) is 0. The van der Waals surface area contributed by atoms with Gasteiger partial charge < -0.3 is 18.2 Å². The zero-order chi connectivity index (χ0) is 7.15. The summed E-state index contributed by atoms with van der Waals surface area (Å²) in [5, 5.41) is 0. The third-order valence-corrected chi connectivity index (χ3v) is 0. The van der Waals surface area contributed by atoms with Crippen molar-refractivity contribution in [3.05, 3.63) is 0 Å². The molecule has 0 atom stereocenters. The number of hydrogen-bond acceptors (Lipinski definition) is 6. The topological polar surface area (TPSA) is 126 Å². The largest absolute Gasteiger partial charge is 4.00 e. The molecule has 0 fully saturated rings. The maximum Gasteiger partial charge on any atom is 4.00 e. The summed E-state index contributed by atoms with van der Waals surface area (Å²) in [4.78, 5) is 0. The molecule has 0 amide bonds. The van der Waals surface area contributed by atoms with Crippen molar-refractivity contribution in [1.82, 2.24) is 0 Å². The molecule has 0 unspecified atom stereocenters. The normalized spacial score (nSPS) is 7.78. The Kier molecular flexibility index (Phi) is 21.7. The molecule has 0 aliphatic rings. The Morgan fingerprint density at radius 3 is 0.778 bits per heavy atom. The summed E-state index contributed by atoms with van der Waals surface area (Å²) >= 11 is -6.22. The van der Waals surface area contributed by atoms with Crippen LogP contribution in [0.4, 0.5) is 0 Å². The average Bonchev–Trinajstić information content (AvgIpc) is 1.25. The first-order valence-electron chi connectivity index (χ1n) is 1.00. The number of rotatable bonds is 0. The first-order valence-corrected chi connectivity index (χ1v) is 3.00. The fourth-order valence-corrected chi connectivity index (χ4v) is 0. The van der Waals surface area contributed by atoms with E-state index in [0.717, 1.165) is 0 Å². The molecule has 9 heavy (non-hydrogen) atoms.